The van der Waals surface area contributed by atoms with Crippen LogP contribution in [0.15, 0.2) is 18.6 Å². The molecule has 3 heterocycles. The van der Waals surface area contributed by atoms with Gasteiger partial charge in [0.2, 0.25) is 5.91 Å². The number of amides is 1. The van der Waals surface area contributed by atoms with Crippen LogP contribution in [0, 0.1) is 18.3 Å². The minimum atomic E-state index is -0.320. The number of carbonyl (C=O) groups is 1. The number of nitrogens with zero attached hydrogens (tertiary/aromatic N) is 5. The Hall–Kier alpha value is -2.24. The van der Waals surface area contributed by atoms with E-state index in [2.05, 4.69) is 9.97 Å². The summed E-state index contributed by atoms with van der Waals surface area (Å²) in [4.78, 5) is 28.1. The van der Waals surface area contributed by atoms with Gasteiger partial charge in [-0.15, -0.1) is 0 Å². The smallest absolute Gasteiger partial charge is 0.227 e. The van der Waals surface area contributed by atoms with Gasteiger partial charge >= 0.3 is 0 Å². The first kappa shape index (κ1) is 18.5. The predicted octanol–water partition coefficient (Wildman–Crippen LogP) is 3.01. The van der Waals surface area contributed by atoms with Crippen molar-refractivity contribution >= 4 is 5.91 Å². The Bertz CT molecular complexity index is 790. The van der Waals surface area contributed by atoms with E-state index in [0.717, 1.165) is 55.3 Å². The molecule has 0 aromatic carbocycles. The summed E-state index contributed by atoms with van der Waals surface area (Å²) >= 11 is 0. The Morgan fingerprint density at radius 3 is 2.69 bits per heavy atom. The third-order valence-electron chi connectivity index (χ3n) is 5.11. The lowest BCUT2D eigenvalue weighted by molar-refractivity contribution is -0.141. The minimum Gasteiger partial charge on any atom is -0.342 e. The SMILES string of the molecule is Cc1ncc(-c2cncc(C[C@@H]3CCCN(C(=O)C(C)(C)C)C3)n2)n1C. The van der Waals surface area contributed by atoms with Crippen molar-refractivity contribution < 1.29 is 4.79 Å². The molecule has 1 aliphatic rings. The van der Waals surface area contributed by atoms with Crippen LogP contribution in [0.4, 0.5) is 0 Å². The maximum atomic E-state index is 12.6. The van der Waals surface area contributed by atoms with Crippen LogP contribution in [0.2, 0.25) is 0 Å². The summed E-state index contributed by atoms with van der Waals surface area (Å²) in [6.45, 7) is 9.63. The van der Waals surface area contributed by atoms with Crippen LogP contribution in [0.3, 0.4) is 0 Å². The fourth-order valence-electron chi connectivity index (χ4n) is 3.55. The number of imidazole rings is 1. The van der Waals surface area contributed by atoms with Crippen molar-refractivity contribution in [3.63, 3.8) is 0 Å². The van der Waals surface area contributed by atoms with Gasteiger partial charge in [-0.05, 0) is 32.1 Å². The Kier molecular flexibility index (Phi) is 5.12. The normalized spacial score (nSPS) is 18.2. The Balaban J connectivity index is 1.72. The monoisotopic (exact) mass is 355 g/mol. The molecule has 1 saturated heterocycles. The summed E-state index contributed by atoms with van der Waals surface area (Å²) in [6.07, 6.45) is 8.51. The second kappa shape index (κ2) is 7.17. The molecule has 1 aliphatic heterocycles. The van der Waals surface area contributed by atoms with E-state index in [0.29, 0.717) is 5.92 Å². The molecule has 3 rings (SSSR count). The lowest BCUT2D eigenvalue weighted by atomic mass is 9.89. The van der Waals surface area contributed by atoms with E-state index in [-0.39, 0.29) is 11.3 Å². The van der Waals surface area contributed by atoms with E-state index in [1.165, 1.54) is 0 Å². The average Bonchev–Trinajstić information content (AvgIpc) is 2.93. The zero-order chi connectivity index (χ0) is 18.9. The highest BCUT2D eigenvalue weighted by molar-refractivity contribution is 5.81. The van der Waals surface area contributed by atoms with Crippen molar-refractivity contribution in [3.05, 3.63) is 30.1 Å². The van der Waals surface area contributed by atoms with Gasteiger partial charge in [0.25, 0.3) is 0 Å². The lowest BCUT2D eigenvalue weighted by Crippen LogP contribution is -2.45. The third-order valence-corrected chi connectivity index (χ3v) is 5.11. The summed E-state index contributed by atoms with van der Waals surface area (Å²) in [5.74, 6) is 1.64. The molecule has 1 atom stereocenters. The summed E-state index contributed by atoms with van der Waals surface area (Å²) in [6, 6.07) is 0. The van der Waals surface area contributed by atoms with E-state index in [9.17, 15) is 4.79 Å². The maximum absolute atomic E-state index is 12.6. The van der Waals surface area contributed by atoms with Crippen molar-refractivity contribution in [2.75, 3.05) is 13.1 Å². The molecule has 0 aliphatic carbocycles. The van der Waals surface area contributed by atoms with Crippen molar-refractivity contribution in [2.24, 2.45) is 18.4 Å². The molecule has 0 radical (unpaired) electrons. The third kappa shape index (κ3) is 3.94. The van der Waals surface area contributed by atoms with Gasteiger partial charge in [-0.3, -0.25) is 9.78 Å². The number of likely N-dealkylation sites (tertiary alicyclic amines) is 1. The molecule has 0 N–H and O–H groups in total. The van der Waals surface area contributed by atoms with Gasteiger partial charge in [-0.2, -0.15) is 0 Å². The number of hydrogen-bond donors (Lipinski definition) is 0. The average molecular weight is 355 g/mol. The number of hydrogen-bond acceptors (Lipinski definition) is 4. The first-order valence-electron chi connectivity index (χ1n) is 9.34. The molecule has 2 aromatic heterocycles. The van der Waals surface area contributed by atoms with E-state index in [4.69, 9.17) is 4.98 Å². The molecule has 6 heteroatoms. The molecule has 6 nitrogen and oxygen atoms in total. The number of aromatic nitrogens is 4. The highest BCUT2D eigenvalue weighted by Crippen LogP contribution is 2.25. The van der Waals surface area contributed by atoms with Gasteiger partial charge in [-0.25, -0.2) is 9.97 Å². The van der Waals surface area contributed by atoms with Crippen LogP contribution in [-0.4, -0.2) is 43.4 Å². The maximum Gasteiger partial charge on any atom is 0.227 e. The standard InChI is InChI=1S/C20H29N5O/c1-14-22-12-18(24(14)5)17-11-21-10-16(23-17)9-15-7-6-8-25(13-15)19(26)20(2,3)4/h10-12,15H,6-9,13H2,1-5H3/t15-/m0/s1. The summed E-state index contributed by atoms with van der Waals surface area (Å²) in [5, 5.41) is 0. The van der Waals surface area contributed by atoms with Crippen LogP contribution in [0.25, 0.3) is 11.4 Å². The minimum absolute atomic E-state index is 0.243. The van der Waals surface area contributed by atoms with Gasteiger partial charge in [0, 0.05) is 31.7 Å². The van der Waals surface area contributed by atoms with Crippen LogP contribution < -0.4 is 0 Å². The van der Waals surface area contributed by atoms with Gasteiger partial charge in [0.1, 0.15) is 11.5 Å². The zero-order valence-electron chi connectivity index (χ0n) is 16.5. The zero-order valence-corrected chi connectivity index (χ0v) is 16.5. The van der Waals surface area contributed by atoms with Crippen LogP contribution in [0.1, 0.15) is 45.1 Å². The van der Waals surface area contributed by atoms with E-state index in [1.807, 2.05) is 56.6 Å². The highest BCUT2D eigenvalue weighted by atomic mass is 16.2. The van der Waals surface area contributed by atoms with E-state index < -0.39 is 0 Å². The second-order valence-electron chi connectivity index (χ2n) is 8.36. The lowest BCUT2D eigenvalue weighted by Gasteiger charge is -2.36. The van der Waals surface area contributed by atoms with Crippen LogP contribution in [0.5, 0.6) is 0 Å². The fourth-order valence-corrected chi connectivity index (χ4v) is 3.55. The van der Waals surface area contributed by atoms with E-state index in [1.54, 1.807) is 6.20 Å². The first-order valence-corrected chi connectivity index (χ1v) is 9.34. The second-order valence-corrected chi connectivity index (χ2v) is 8.36. The quantitative estimate of drug-likeness (QED) is 0.849. The molecular weight excluding hydrogens is 326 g/mol. The molecule has 26 heavy (non-hydrogen) atoms. The van der Waals surface area contributed by atoms with Gasteiger partial charge in [0.05, 0.1) is 23.8 Å². The van der Waals surface area contributed by atoms with Crippen LogP contribution >= 0.6 is 0 Å². The number of carbonyl (C=O) groups excluding carboxylic acids is 1. The first-order chi connectivity index (χ1) is 12.3. The number of rotatable bonds is 3. The largest absolute Gasteiger partial charge is 0.342 e. The Labute approximate surface area is 155 Å². The summed E-state index contributed by atoms with van der Waals surface area (Å²) < 4.78 is 2.03. The molecule has 140 valence electrons. The highest BCUT2D eigenvalue weighted by Gasteiger charge is 2.31. The fraction of sp³-hybridized carbons (Fsp3) is 0.600. The van der Waals surface area contributed by atoms with Crippen LogP contribution in [-0.2, 0) is 18.3 Å². The van der Waals surface area contributed by atoms with Crippen molar-refractivity contribution in [2.45, 2.75) is 47.0 Å². The van der Waals surface area contributed by atoms with Crippen molar-refractivity contribution in [1.29, 1.82) is 0 Å². The molecule has 0 bridgehead atoms. The Morgan fingerprint density at radius 1 is 1.27 bits per heavy atom. The molecule has 2 aromatic rings. The number of aryl methyl sites for hydroxylation is 1. The van der Waals surface area contributed by atoms with Gasteiger partial charge in [0.15, 0.2) is 0 Å². The van der Waals surface area contributed by atoms with Crippen molar-refractivity contribution in [1.82, 2.24) is 24.4 Å². The summed E-state index contributed by atoms with van der Waals surface area (Å²) in [7, 11) is 1.99. The van der Waals surface area contributed by atoms with E-state index >= 15 is 0 Å². The molecule has 0 saturated carbocycles. The molecule has 0 unspecified atom stereocenters. The summed E-state index contributed by atoms with van der Waals surface area (Å²) in [5.41, 5.74) is 2.49. The topological polar surface area (TPSA) is 63.9 Å². The predicted molar refractivity (Wildman–Crippen MR) is 101 cm³/mol. The molecule has 1 fully saturated rings. The van der Waals surface area contributed by atoms with Gasteiger partial charge in [-0.1, -0.05) is 20.8 Å². The van der Waals surface area contributed by atoms with Gasteiger partial charge < -0.3 is 9.47 Å². The molecule has 0 spiro atoms. The Morgan fingerprint density at radius 2 is 2.04 bits per heavy atom. The number of piperidine rings is 1. The molecule has 1 amide bonds. The molecular formula is C20H29N5O. The van der Waals surface area contributed by atoms with Crippen molar-refractivity contribution in [3.8, 4) is 11.4 Å².